The Morgan fingerprint density at radius 1 is 1.67 bits per heavy atom. The Balaban J connectivity index is 2.51. The van der Waals surface area contributed by atoms with Crippen molar-refractivity contribution in [3.05, 3.63) is 20.8 Å². The minimum absolute atomic E-state index is 0.105. The summed E-state index contributed by atoms with van der Waals surface area (Å²) in [5.74, 6) is 0.105. The molecule has 2 nitrogen and oxygen atoms in total. The van der Waals surface area contributed by atoms with E-state index in [9.17, 15) is 0 Å². The Kier molecular flexibility index (Phi) is 5.30. The van der Waals surface area contributed by atoms with Crippen LogP contribution in [0.3, 0.4) is 0 Å². The maximum absolute atomic E-state index is 8.77. The van der Waals surface area contributed by atoms with Gasteiger partial charge in [-0.15, -0.1) is 11.3 Å². The second-order valence-electron chi connectivity index (χ2n) is 3.59. The highest BCUT2D eigenvalue weighted by molar-refractivity contribution is 9.10. The van der Waals surface area contributed by atoms with Crippen molar-refractivity contribution in [3.8, 4) is 6.07 Å². The first-order valence-electron chi connectivity index (χ1n) is 5.00. The molecule has 0 aliphatic rings. The Morgan fingerprint density at radius 2 is 2.40 bits per heavy atom. The molecular weight excluding hydrogens is 272 g/mol. The van der Waals surface area contributed by atoms with Gasteiger partial charge in [-0.3, -0.25) is 4.90 Å². The minimum atomic E-state index is 0.105. The van der Waals surface area contributed by atoms with Crippen LogP contribution in [0.1, 0.15) is 18.7 Å². The average Bonchev–Trinajstić information content (AvgIpc) is 2.62. The van der Waals surface area contributed by atoms with Crippen molar-refractivity contribution >= 4 is 27.3 Å². The van der Waals surface area contributed by atoms with Gasteiger partial charge in [0, 0.05) is 27.8 Å². The fourth-order valence-electron chi connectivity index (χ4n) is 1.39. The van der Waals surface area contributed by atoms with Crippen molar-refractivity contribution in [2.75, 3.05) is 13.1 Å². The van der Waals surface area contributed by atoms with Crippen molar-refractivity contribution in [1.82, 2.24) is 4.90 Å². The summed E-state index contributed by atoms with van der Waals surface area (Å²) in [5, 5.41) is 10.9. The highest BCUT2D eigenvalue weighted by Crippen LogP contribution is 2.21. The van der Waals surface area contributed by atoms with Gasteiger partial charge in [-0.25, -0.2) is 0 Å². The lowest BCUT2D eigenvalue weighted by Gasteiger charge is -2.20. The summed E-state index contributed by atoms with van der Waals surface area (Å²) in [5.41, 5.74) is 0. The number of nitrogens with zero attached hydrogens (tertiary/aromatic N) is 2. The molecule has 0 aliphatic heterocycles. The molecule has 0 bridgehead atoms. The summed E-state index contributed by atoms with van der Waals surface area (Å²) in [6.45, 7) is 6.88. The lowest BCUT2D eigenvalue weighted by Crippen LogP contribution is -2.27. The van der Waals surface area contributed by atoms with Crippen molar-refractivity contribution in [3.63, 3.8) is 0 Å². The van der Waals surface area contributed by atoms with Crippen LogP contribution in [0.15, 0.2) is 15.9 Å². The highest BCUT2D eigenvalue weighted by Gasteiger charge is 2.09. The molecule has 15 heavy (non-hydrogen) atoms. The standard InChI is InChI=1S/C11H15BrN2S/c1-3-14(6-9(2)5-13)7-11-4-10(12)8-15-11/h4,8-9H,3,6-7H2,1-2H3. The van der Waals surface area contributed by atoms with E-state index < -0.39 is 0 Å². The molecule has 82 valence electrons. The van der Waals surface area contributed by atoms with Gasteiger partial charge in [-0.05, 0) is 35.5 Å². The summed E-state index contributed by atoms with van der Waals surface area (Å²) in [6, 6.07) is 4.42. The second kappa shape index (κ2) is 6.26. The van der Waals surface area contributed by atoms with Crippen LogP contribution >= 0.6 is 27.3 Å². The molecule has 1 rings (SSSR count). The number of nitriles is 1. The van der Waals surface area contributed by atoms with Crippen LogP contribution in [0.2, 0.25) is 0 Å². The molecule has 4 heteroatoms. The third-order valence-corrected chi connectivity index (χ3v) is 3.88. The molecule has 0 saturated carbocycles. The molecule has 1 heterocycles. The van der Waals surface area contributed by atoms with E-state index in [2.05, 4.69) is 45.3 Å². The number of thiophene rings is 1. The molecule has 0 fully saturated rings. The maximum atomic E-state index is 8.77. The molecule has 1 aromatic rings. The Hall–Kier alpha value is -0.370. The maximum Gasteiger partial charge on any atom is 0.0666 e. The van der Waals surface area contributed by atoms with E-state index in [-0.39, 0.29) is 5.92 Å². The predicted octanol–water partition coefficient (Wildman–Crippen LogP) is 3.49. The summed E-state index contributed by atoms with van der Waals surface area (Å²) in [6.07, 6.45) is 0. The minimum Gasteiger partial charge on any atom is -0.297 e. The topological polar surface area (TPSA) is 27.0 Å². The van der Waals surface area contributed by atoms with E-state index in [0.29, 0.717) is 0 Å². The SMILES string of the molecule is CCN(Cc1cc(Br)cs1)CC(C)C#N. The smallest absolute Gasteiger partial charge is 0.0666 e. The first-order chi connectivity index (χ1) is 7.15. The van der Waals surface area contributed by atoms with Gasteiger partial charge in [-0.2, -0.15) is 5.26 Å². The predicted molar refractivity (Wildman–Crippen MR) is 67.7 cm³/mol. The molecule has 0 N–H and O–H groups in total. The lowest BCUT2D eigenvalue weighted by atomic mass is 10.2. The molecule has 0 saturated heterocycles. The third-order valence-electron chi connectivity index (χ3n) is 2.20. The second-order valence-corrected chi connectivity index (χ2v) is 5.50. The van der Waals surface area contributed by atoms with E-state index in [1.165, 1.54) is 4.88 Å². The van der Waals surface area contributed by atoms with Crippen LogP contribution < -0.4 is 0 Å². The number of halogens is 1. The van der Waals surface area contributed by atoms with E-state index >= 15 is 0 Å². The molecule has 0 amide bonds. The molecule has 0 spiro atoms. The van der Waals surface area contributed by atoms with Gasteiger partial charge in [0.05, 0.1) is 12.0 Å². The van der Waals surface area contributed by atoms with E-state index in [0.717, 1.165) is 24.1 Å². The first-order valence-corrected chi connectivity index (χ1v) is 6.67. The quantitative estimate of drug-likeness (QED) is 0.829. The van der Waals surface area contributed by atoms with Crippen molar-refractivity contribution in [1.29, 1.82) is 5.26 Å². The lowest BCUT2D eigenvalue weighted by molar-refractivity contribution is 0.262. The Bertz CT molecular complexity index is 343. The largest absolute Gasteiger partial charge is 0.297 e. The molecule has 0 aliphatic carbocycles. The van der Waals surface area contributed by atoms with Crippen molar-refractivity contribution in [2.24, 2.45) is 5.92 Å². The molecule has 1 atom stereocenters. The molecule has 0 aromatic carbocycles. The monoisotopic (exact) mass is 286 g/mol. The van der Waals surface area contributed by atoms with Gasteiger partial charge in [-0.1, -0.05) is 6.92 Å². The number of hydrogen-bond donors (Lipinski definition) is 0. The van der Waals surface area contributed by atoms with Crippen molar-refractivity contribution < 1.29 is 0 Å². The van der Waals surface area contributed by atoms with E-state index in [1.54, 1.807) is 11.3 Å². The van der Waals surface area contributed by atoms with Gasteiger partial charge in [0.25, 0.3) is 0 Å². The number of rotatable bonds is 5. The van der Waals surface area contributed by atoms with Gasteiger partial charge in [0.15, 0.2) is 0 Å². The third kappa shape index (κ3) is 4.33. The zero-order valence-electron chi connectivity index (χ0n) is 9.03. The van der Waals surface area contributed by atoms with Crippen LogP contribution in [0.5, 0.6) is 0 Å². The fraction of sp³-hybridized carbons (Fsp3) is 0.545. The van der Waals surface area contributed by atoms with Crippen LogP contribution in [0, 0.1) is 17.2 Å². The highest BCUT2D eigenvalue weighted by atomic mass is 79.9. The van der Waals surface area contributed by atoms with Gasteiger partial charge < -0.3 is 0 Å². The van der Waals surface area contributed by atoms with Gasteiger partial charge in [0.2, 0.25) is 0 Å². The average molecular weight is 287 g/mol. The normalized spacial score (nSPS) is 12.7. The summed E-state index contributed by atoms with van der Waals surface area (Å²) < 4.78 is 1.15. The van der Waals surface area contributed by atoms with Crippen LogP contribution in [-0.4, -0.2) is 18.0 Å². The summed E-state index contributed by atoms with van der Waals surface area (Å²) in [7, 11) is 0. The molecule has 1 unspecified atom stereocenters. The van der Waals surface area contributed by atoms with Gasteiger partial charge in [0.1, 0.15) is 0 Å². The van der Waals surface area contributed by atoms with Gasteiger partial charge >= 0.3 is 0 Å². The molecular formula is C11H15BrN2S. The Labute approximate surface area is 104 Å². The number of hydrogen-bond acceptors (Lipinski definition) is 3. The summed E-state index contributed by atoms with van der Waals surface area (Å²) in [4.78, 5) is 3.64. The van der Waals surface area contributed by atoms with E-state index in [4.69, 9.17) is 5.26 Å². The zero-order chi connectivity index (χ0) is 11.3. The first kappa shape index (κ1) is 12.7. The summed E-state index contributed by atoms with van der Waals surface area (Å²) >= 11 is 5.20. The van der Waals surface area contributed by atoms with Crippen LogP contribution in [0.4, 0.5) is 0 Å². The van der Waals surface area contributed by atoms with Crippen LogP contribution in [-0.2, 0) is 6.54 Å². The Morgan fingerprint density at radius 3 is 2.87 bits per heavy atom. The zero-order valence-corrected chi connectivity index (χ0v) is 11.4. The fourth-order valence-corrected chi connectivity index (χ4v) is 2.88. The van der Waals surface area contributed by atoms with Crippen LogP contribution in [0.25, 0.3) is 0 Å². The molecule has 1 aromatic heterocycles. The van der Waals surface area contributed by atoms with Crippen molar-refractivity contribution in [2.45, 2.75) is 20.4 Å². The molecule has 0 radical (unpaired) electrons. The van der Waals surface area contributed by atoms with E-state index in [1.807, 2.05) is 6.92 Å².